The molecular weight excluding hydrogens is 333 g/mol. The van der Waals surface area contributed by atoms with Gasteiger partial charge in [-0.05, 0) is 36.8 Å². The Bertz CT molecular complexity index is 862. The van der Waals surface area contributed by atoms with Gasteiger partial charge in [0.2, 0.25) is 0 Å². The van der Waals surface area contributed by atoms with Gasteiger partial charge in [0.15, 0.2) is 5.43 Å². The molecule has 0 aliphatic carbocycles. The molecule has 5 heteroatoms. The highest BCUT2D eigenvalue weighted by atomic mass is 35.5. The van der Waals surface area contributed by atoms with E-state index >= 15 is 0 Å². The number of nitrogens with zero attached hydrogens (tertiary/aromatic N) is 1. The SMILES string of the molecule is Cc1c(Cc2c(Cl)cccc2Cl)c(=O)ccn1Cc1ccco1. The minimum absolute atomic E-state index is 0.0193. The van der Waals surface area contributed by atoms with Crippen molar-refractivity contribution in [3.05, 3.63) is 91.7 Å². The molecule has 118 valence electrons. The number of halogens is 2. The molecule has 0 spiro atoms. The molecule has 2 heterocycles. The van der Waals surface area contributed by atoms with E-state index in [-0.39, 0.29) is 5.43 Å². The number of furan rings is 1. The van der Waals surface area contributed by atoms with Crippen molar-refractivity contribution in [2.24, 2.45) is 0 Å². The smallest absolute Gasteiger partial charge is 0.185 e. The minimum Gasteiger partial charge on any atom is -0.467 e. The lowest BCUT2D eigenvalue weighted by molar-refractivity contribution is 0.489. The molecule has 0 amide bonds. The van der Waals surface area contributed by atoms with Crippen LogP contribution in [0.4, 0.5) is 0 Å². The van der Waals surface area contributed by atoms with Gasteiger partial charge in [0, 0.05) is 40.0 Å². The molecule has 0 bridgehead atoms. The summed E-state index contributed by atoms with van der Waals surface area (Å²) in [5.74, 6) is 0.832. The third-order valence-corrected chi connectivity index (χ3v) is 4.60. The lowest BCUT2D eigenvalue weighted by Gasteiger charge is -2.14. The van der Waals surface area contributed by atoms with Crippen molar-refractivity contribution in [2.75, 3.05) is 0 Å². The largest absolute Gasteiger partial charge is 0.467 e. The molecule has 1 aromatic carbocycles. The van der Waals surface area contributed by atoms with E-state index in [1.165, 1.54) is 0 Å². The Morgan fingerprint density at radius 1 is 1.04 bits per heavy atom. The summed E-state index contributed by atoms with van der Waals surface area (Å²) in [6, 6.07) is 10.7. The highest BCUT2D eigenvalue weighted by Crippen LogP contribution is 2.27. The lowest BCUT2D eigenvalue weighted by atomic mass is 10.0. The molecule has 0 unspecified atom stereocenters. The van der Waals surface area contributed by atoms with Crippen molar-refractivity contribution in [2.45, 2.75) is 19.9 Å². The fourth-order valence-corrected chi connectivity index (χ4v) is 3.09. The first-order valence-electron chi connectivity index (χ1n) is 7.20. The molecule has 0 saturated heterocycles. The van der Waals surface area contributed by atoms with Crippen LogP contribution in [0.1, 0.15) is 22.6 Å². The second-order valence-corrected chi connectivity index (χ2v) is 6.14. The van der Waals surface area contributed by atoms with Crippen LogP contribution in [0.15, 0.2) is 58.1 Å². The van der Waals surface area contributed by atoms with E-state index in [1.54, 1.807) is 36.7 Å². The van der Waals surface area contributed by atoms with Gasteiger partial charge in [-0.25, -0.2) is 0 Å². The molecule has 23 heavy (non-hydrogen) atoms. The Kier molecular flexibility index (Phi) is 4.60. The number of aromatic nitrogens is 1. The van der Waals surface area contributed by atoms with E-state index in [0.29, 0.717) is 28.6 Å². The molecule has 0 radical (unpaired) electrons. The van der Waals surface area contributed by atoms with Crippen molar-refractivity contribution in [1.29, 1.82) is 0 Å². The molecule has 0 saturated carbocycles. The zero-order valence-electron chi connectivity index (χ0n) is 12.6. The van der Waals surface area contributed by atoms with Crippen LogP contribution < -0.4 is 5.43 Å². The highest BCUT2D eigenvalue weighted by molar-refractivity contribution is 6.36. The molecule has 3 nitrogen and oxygen atoms in total. The summed E-state index contributed by atoms with van der Waals surface area (Å²) in [6.45, 7) is 2.49. The fraction of sp³-hybridized carbons (Fsp3) is 0.167. The maximum atomic E-state index is 12.3. The van der Waals surface area contributed by atoms with Gasteiger partial charge >= 0.3 is 0 Å². The summed E-state index contributed by atoms with van der Waals surface area (Å²) in [6.07, 6.45) is 3.82. The van der Waals surface area contributed by atoms with E-state index in [9.17, 15) is 4.79 Å². The van der Waals surface area contributed by atoms with Crippen molar-refractivity contribution in [3.8, 4) is 0 Å². The van der Waals surface area contributed by atoms with Crippen LogP contribution in [0.5, 0.6) is 0 Å². The number of hydrogen-bond acceptors (Lipinski definition) is 2. The summed E-state index contributed by atoms with van der Waals surface area (Å²) in [4.78, 5) is 12.3. The van der Waals surface area contributed by atoms with Crippen molar-refractivity contribution < 1.29 is 4.42 Å². The maximum absolute atomic E-state index is 12.3. The summed E-state index contributed by atoms with van der Waals surface area (Å²) in [5.41, 5.74) is 2.32. The van der Waals surface area contributed by atoms with Crippen LogP contribution in [0, 0.1) is 6.92 Å². The third-order valence-electron chi connectivity index (χ3n) is 3.89. The summed E-state index contributed by atoms with van der Waals surface area (Å²) >= 11 is 12.5. The molecule has 3 rings (SSSR count). The van der Waals surface area contributed by atoms with Crippen molar-refractivity contribution in [1.82, 2.24) is 4.57 Å². The molecule has 3 aromatic rings. The van der Waals surface area contributed by atoms with Gasteiger partial charge in [-0.15, -0.1) is 0 Å². The normalized spacial score (nSPS) is 10.9. The van der Waals surface area contributed by atoms with Crippen LogP contribution in [-0.2, 0) is 13.0 Å². The topological polar surface area (TPSA) is 35.1 Å². The first kappa shape index (κ1) is 15.9. The van der Waals surface area contributed by atoms with Crippen molar-refractivity contribution in [3.63, 3.8) is 0 Å². The molecule has 0 aliphatic rings. The maximum Gasteiger partial charge on any atom is 0.185 e. The Morgan fingerprint density at radius 2 is 1.78 bits per heavy atom. The minimum atomic E-state index is -0.0193. The van der Waals surface area contributed by atoms with Gasteiger partial charge in [0.1, 0.15) is 5.76 Å². The van der Waals surface area contributed by atoms with Gasteiger partial charge in [-0.1, -0.05) is 29.3 Å². The summed E-state index contributed by atoms with van der Waals surface area (Å²) in [5, 5.41) is 1.13. The average Bonchev–Trinajstić information content (AvgIpc) is 3.02. The van der Waals surface area contributed by atoms with Gasteiger partial charge < -0.3 is 8.98 Å². The van der Waals surface area contributed by atoms with Crippen molar-refractivity contribution >= 4 is 23.2 Å². The van der Waals surface area contributed by atoms with Crippen LogP contribution in [0.3, 0.4) is 0 Å². The number of pyridine rings is 1. The molecule has 0 N–H and O–H groups in total. The highest BCUT2D eigenvalue weighted by Gasteiger charge is 2.13. The third kappa shape index (κ3) is 3.36. The fourth-order valence-electron chi connectivity index (χ4n) is 2.56. The van der Waals surface area contributed by atoms with E-state index in [1.807, 2.05) is 23.6 Å². The molecule has 0 fully saturated rings. The van der Waals surface area contributed by atoms with E-state index in [4.69, 9.17) is 27.6 Å². The number of benzene rings is 1. The van der Waals surface area contributed by atoms with Gasteiger partial charge in [-0.2, -0.15) is 0 Å². The second-order valence-electron chi connectivity index (χ2n) is 5.33. The Labute approximate surface area is 144 Å². The van der Waals surface area contributed by atoms with E-state index < -0.39 is 0 Å². The second kappa shape index (κ2) is 6.65. The summed E-state index contributed by atoms with van der Waals surface area (Å²) < 4.78 is 7.36. The predicted molar refractivity (Wildman–Crippen MR) is 92.5 cm³/mol. The standard InChI is InChI=1S/C18H15Cl2NO2/c1-12-14(10-15-16(19)5-2-6-17(15)20)18(22)7-8-21(12)11-13-4-3-9-23-13/h2-9H,10-11H2,1H3. The molecular formula is C18H15Cl2NO2. The first-order chi connectivity index (χ1) is 11.1. The monoisotopic (exact) mass is 347 g/mol. The number of rotatable bonds is 4. The van der Waals surface area contributed by atoms with Crippen LogP contribution in [0.2, 0.25) is 10.0 Å². The van der Waals surface area contributed by atoms with Gasteiger partial charge in [0.05, 0.1) is 12.8 Å². The predicted octanol–water partition coefficient (Wildman–Crippen LogP) is 4.70. The first-order valence-corrected chi connectivity index (χ1v) is 7.96. The molecule has 2 aromatic heterocycles. The quantitative estimate of drug-likeness (QED) is 0.685. The Balaban J connectivity index is 2.00. The number of hydrogen-bond donors (Lipinski definition) is 0. The van der Waals surface area contributed by atoms with E-state index in [0.717, 1.165) is 17.0 Å². The molecule has 0 atom stereocenters. The van der Waals surface area contributed by atoms with Crippen LogP contribution in [-0.4, -0.2) is 4.57 Å². The average molecular weight is 348 g/mol. The molecule has 0 aliphatic heterocycles. The van der Waals surface area contributed by atoms with Crippen LogP contribution >= 0.6 is 23.2 Å². The van der Waals surface area contributed by atoms with Gasteiger partial charge in [-0.3, -0.25) is 4.79 Å². The lowest BCUT2D eigenvalue weighted by Crippen LogP contribution is -2.17. The Morgan fingerprint density at radius 3 is 2.43 bits per heavy atom. The van der Waals surface area contributed by atoms with Gasteiger partial charge in [0.25, 0.3) is 0 Å². The van der Waals surface area contributed by atoms with Crippen LogP contribution in [0.25, 0.3) is 0 Å². The Hall–Kier alpha value is -1.97. The zero-order chi connectivity index (χ0) is 16.4. The zero-order valence-corrected chi connectivity index (χ0v) is 14.1. The van der Waals surface area contributed by atoms with E-state index in [2.05, 4.69) is 0 Å². The summed E-state index contributed by atoms with van der Waals surface area (Å²) in [7, 11) is 0.